The summed E-state index contributed by atoms with van der Waals surface area (Å²) in [4.78, 5) is 4.00. The summed E-state index contributed by atoms with van der Waals surface area (Å²) >= 11 is 0. The molecule has 15 heavy (non-hydrogen) atoms. The number of nitrogens with zero attached hydrogens (tertiary/aromatic N) is 3. The van der Waals surface area contributed by atoms with E-state index < -0.39 is 0 Å². The number of hydrogen-bond donors (Lipinski definition) is 0. The van der Waals surface area contributed by atoms with Gasteiger partial charge in [0, 0.05) is 23.5 Å². The molecule has 0 bridgehead atoms. The molecular formula is C11H9N3O. The Balaban J connectivity index is 2.60. The molecule has 2 aromatic heterocycles. The molecule has 74 valence electrons. The van der Waals surface area contributed by atoms with E-state index in [4.69, 9.17) is 9.78 Å². The minimum atomic E-state index is 0.535. The first kappa shape index (κ1) is 9.41. The molecule has 0 aliphatic rings. The normalized spacial score (nSPS) is 9.93. The van der Waals surface area contributed by atoms with Crippen molar-refractivity contribution in [2.45, 2.75) is 13.8 Å². The third-order valence-electron chi connectivity index (χ3n) is 2.19. The van der Waals surface area contributed by atoms with Gasteiger partial charge >= 0.3 is 0 Å². The van der Waals surface area contributed by atoms with Gasteiger partial charge in [0.15, 0.2) is 0 Å². The van der Waals surface area contributed by atoms with Crippen LogP contribution < -0.4 is 0 Å². The van der Waals surface area contributed by atoms with E-state index in [1.807, 2.05) is 13.8 Å². The van der Waals surface area contributed by atoms with E-state index in [2.05, 4.69) is 16.2 Å². The van der Waals surface area contributed by atoms with E-state index >= 15 is 0 Å². The van der Waals surface area contributed by atoms with Crippen molar-refractivity contribution in [3.63, 3.8) is 0 Å². The molecule has 0 unspecified atom stereocenters. The summed E-state index contributed by atoms with van der Waals surface area (Å²) in [6, 6.07) is 3.83. The van der Waals surface area contributed by atoms with Crippen LogP contribution in [0.3, 0.4) is 0 Å². The highest BCUT2D eigenvalue weighted by Crippen LogP contribution is 2.26. The first-order valence-electron chi connectivity index (χ1n) is 4.51. The van der Waals surface area contributed by atoms with Crippen LogP contribution in [0.5, 0.6) is 0 Å². The van der Waals surface area contributed by atoms with E-state index in [1.54, 1.807) is 12.3 Å². The van der Waals surface area contributed by atoms with Gasteiger partial charge in [0.1, 0.15) is 11.8 Å². The molecule has 0 aromatic carbocycles. The number of hydrogen-bond acceptors (Lipinski definition) is 4. The van der Waals surface area contributed by atoms with Crippen molar-refractivity contribution in [1.82, 2.24) is 10.1 Å². The van der Waals surface area contributed by atoms with Gasteiger partial charge in [-0.05, 0) is 19.9 Å². The molecule has 0 saturated heterocycles. The van der Waals surface area contributed by atoms with Crippen LogP contribution in [0.1, 0.15) is 17.0 Å². The fourth-order valence-corrected chi connectivity index (χ4v) is 1.53. The molecule has 0 aliphatic heterocycles. The molecule has 0 saturated carbocycles. The summed E-state index contributed by atoms with van der Waals surface area (Å²) in [6.45, 7) is 3.71. The van der Waals surface area contributed by atoms with E-state index in [-0.39, 0.29) is 0 Å². The lowest BCUT2D eigenvalue weighted by molar-refractivity contribution is 0.393. The van der Waals surface area contributed by atoms with Crippen LogP contribution in [-0.2, 0) is 0 Å². The lowest BCUT2D eigenvalue weighted by Crippen LogP contribution is -1.85. The molecule has 0 fully saturated rings. The van der Waals surface area contributed by atoms with Crippen molar-refractivity contribution in [2.75, 3.05) is 0 Å². The third kappa shape index (κ3) is 1.59. The Morgan fingerprint density at radius 3 is 2.73 bits per heavy atom. The fraction of sp³-hybridized carbons (Fsp3) is 0.182. The molecule has 0 spiro atoms. The molecule has 0 amide bonds. The van der Waals surface area contributed by atoms with Crippen molar-refractivity contribution in [3.8, 4) is 17.2 Å². The van der Waals surface area contributed by atoms with Gasteiger partial charge < -0.3 is 4.52 Å². The highest BCUT2D eigenvalue weighted by molar-refractivity contribution is 5.67. The third-order valence-corrected chi connectivity index (χ3v) is 2.19. The van der Waals surface area contributed by atoms with Gasteiger partial charge in [0.25, 0.3) is 0 Å². The molecule has 4 nitrogen and oxygen atoms in total. The summed E-state index contributed by atoms with van der Waals surface area (Å²) in [5.41, 5.74) is 3.13. The van der Waals surface area contributed by atoms with Crippen LogP contribution in [-0.4, -0.2) is 10.1 Å². The van der Waals surface area contributed by atoms with Crippen molar-refractivity contribution >= 4 is 0 Å². The molecule has 0 radical (unpaired) electrons. The predicted octanol–water partition coefficient (Wildman–Crippen LogP) is 2.23. The molecule has 2 heterocycles. The molecule has 4 heteroatoms. The fourth-order valence-electron chi connectivity index (χ4n) is 1.53. The summed E-state index contributed by atoms with van der Waals surface area (Å²) < 4.78 is 5.06. The second kappa shape index (κ2) is 3.54. The number of nitriles is 1. The van der Waals surface area contributed by atoms with E-state index in [0.29, 0.717) is 5.56 Å². The number of rotatable bonds is 1. The Bertz CT molecular complexity index is 518. The molecule has 2 rings (SSSR count). The minimum absolute atomic E-state index is 0.535. The highest BCUT2D eigenvalue weighted by atomic mass is 16.5. The summed E-state index contributed by atoms with van der Waals surface area (Å²) in [5.74, 6) is 0.740. The summed E-state index contributed by atoms with van der Waals surface area (Å²) in [6.07, 6.45) is 3.23. The maximum absolute atomic E-state index is 8.77. The second-order valence-corrected chi connectivity index (χ2v) is 3.27. The largest absolute Gasteiger partial charge is 0.361 e. The predicted molar refractivity (Wildman–Crippen MR) is 53.9 cm³/mol. The second-order valence-electron chi connectivity index (χ2n) is 3.27. The van der Waals surface area contributed by atoms with Gasteiger partial charge in [-0.25, -0.2) is 0 Å². The molecule has 2 aromatic rings. The van der Waals surface area contributed by atoms with Crippen LogP contribution in [0, 0.1) is 25.2 Å². The van der Waals surface area contributed by atoms with Gasteiger partial charge in [0.2, 0.25) is 0 Å². The Morgan fingerprint density at radius 1 is 1.33 bits per heavy atom. The average Bonchev–Trinajstić information content (AvgIpc) is 2.59. The zero-order valence-corrected chi connectivity index (χ0v) is 8.48. The quantitative estimate of drug-likeness (QED) is 0.706. The van der Waals surface area contributed by atoms with Crippen molar-refractivity contribution in [1.29, 1.82) is 5.26 Å². The van der Waals surface area contributed by atoms with Crippen LogP contribution in [0.25, 0.3) is 11.1 Å². The maximum atomic E-state index is 8.77. The Hall–Kier alpha value is -2.15. The highest BCUT2D eigenvalue weighted by Gasteiger charge is 2.11. The van der Waals surface area contributed by atoms with E-state index in [1.165, 1.54) is 6.20 Å². The zero-order valence-electron chi connectivity index (χ0n) is 8.48. The number of aryl methyl sites for hydroxylation is 2. The van der Waals surface area contributed by atoms with Gasteiger partial charge in [-0.15, -0.1) is 0 Å². The maximum Gasteiger partial charge on any atom is 0.141 e. The monoisotopic (exact) mass is 199 g/mol. The SMILES string of the molecule is Cc1noc(C)c1-c1cncc(C#N)c1. The van der Waals surface area contributed by atoms with Crippen LogP contribution in [0.15, 0.2) is 23.0 Å². The molecule has 0 N–H and O–H groups in total. The first-order chi connectivity index (χ1) is 7.22. The molecule has 0 aliphatic carbocycles. The minimum Gasteiger partial charge on any atom is -0.361 e. The lowest BCUT2D eigenvalue weighted by atomic mass is 10.1. The van der Waals surface area contributed by atoms with E-state index in [9.17, 15) is 0 Å². The van der Waals surface area contributed by atoms with Crippen LogP contribution in [0.2, 0.25) is 0 Å². The van der Waals surface area contributed by atoms with Crippen LogP contribution >= 0.6 is 0 Å². The van der Waals surface area contributed by atoms with Gasteiger partial charge in [-0.1, -0.05) is 5.16 Å². The van der Waals surface area contributed by atoms with Crippen molar-refractivity contribution in [3.05, 3.63) is 35.5 Å². The summed E-state index contributed by atoms with van der Waals surface area (Å²) in [5, 5.41) is 12.6. The van der Waals surface area contributed by atoms with Crippen molar-refractivity contribution in [2.24, 2.45) is 0 Å². The number of pyridine rings is 1. The standard InChI is InChI=1S/C11H9N3O/c1-7-11(8(2)15-14-7)10-3-9(4-12)5-13-6-10/h3,5-6H,1-2H3. The molecule has 0 atom stereocenters. The smallest absolute Gasteiger partial charge is 0.141 e. The zero-order chi connectivity index (χ0) is 10.8. The Kier molecular flexibility index (Phi) is 2.22. The van der Waals surface area contributed by atoms with Crippen molar-refractivity contribution < 1.29 is 4.52 Å². The van der Waals surface area contributed by atoms with Gasteiger partial charge in [0.05, 0.1) is 11.3 Å². The first-order valence-corrected chi connectivity index (χ1v) is 4.51. The number of aromatic nitrogens is 2. The Morgan fingerprint density at radius 2 is 2.13 bits per heavy atom. The summed E-state index contributed by atoms with van der Waals surface area (Å²) in [7, 11) is 0. The van der Waals surface area contributed by atoms with E-state index in [0.717, 1.165) is 22.6 Å². The average molecular weight is 199 g/mol. The topological polar surface area (TPSA) is 62.7 Å². The van der Waals surface area contributed by atoms with Gasteiger partial charge in [-0.3, -0.25) is 4.98 Å². The van der Waals surface area contributed by atoms with Gasteiger partial charge in [-0.2, -0.15) is 5.26 Å². The molecular weight excluding hydrogens is 190 g/mol. The van der Waals surface area contributed by atoms with Crippen LogP contribution in [0.4, 0.5) is 0 Å². The lowest BCUT2D eigenvalue weighted by Gasteiger charge is -1.99. The Labute approximate surface area is 87.2 Å².